The van der Waals surface area contributed by atoms with E-state index in [1.807, 2.05) is 0 Å². The van der Waals surface area contributed by atoms with Crippen LogP contribution in [-0.2, 0) is 6.42 Å². The number of furan rings is 4. The van der Waals surface area contributed by atoms with Gasteiger partial charge in [-0.3, -0.25) is 0 Å². The van der Waals surface area contributed by atoms with E-state index in [4.69, 9.17) is 17.7 Å². The molecule has 0 fully saturated rings. The molecule has 0 saturated carbocycles. The molecule has 14 aromatic carbocycles. The molecule has 0 amide bonds. The Kier molecular flexibility index (Phi) is 12.9. The van der Waals surface area contributed by atoms with Gasteiger partial charge in [-0.2, -0.15) is 0 Å². The van der Waals surface area contributed by atoms with Crippen LogP contribution in [0.3, 0.4) is 0 Å². The first kappa shape index (κ1) is 59.3. The van der Waals surface area contributed by atoms with Crippen LogP contribution in [-0.4, -0.2) is 12.8 Å². The minimum atomic E-state index is -0.196. The maximum atomic E-state index is 6.97. The van der Waals surface area contributed by atoms with E-state index in [1.165, 1.54) is 49.6 Å². The first-order valence-electron chi connectivity index (χ1n) is 37.1. The highest BCUT2D eigenvalue weighted by Gasteiger charge is 2.49. The molecule has 2 aliphatic heterocycles. The van der Waals surface area contributed by atoms with Crippen LogP contribution in [0, 0.1) is 0 Å². The van der Waals surface area contributed by atoms with Crippen LogP contribution in [0.25, 0.3) is 138 Å². The molecule has 18 aromatic rings. The number of hydrogen-bond acceptors (Lipinski definition) is 7. The number of anilines is 7. The van der Waals surface area contributed by atoms with Gasteiger partial charge in [-0.15, -0.1) is 0 Å². The Balaban J connectivity index is 0.826. The molecule has 8 heteroatoms. The molecule has 6 heterocycles. The smallest absolute Gasteiger partial charge is 0.247 e. The summed E-state index contributed by atoms with van der Waals surface area (Å²) in [4.78, 5) is 7.93. The predicted octanol–water partition coefficient (Wildman–Crippen LogP) is 25.5. The van der Waals surface area contributed by atoms with Gasteiger partial charge in [0, 0.05) is 105 Å². The summed E-state index contributed by atoms with van der Waals surface area (Å²) in [5.41, 5.74) is 31.1. The van der Waals surface area contributed by atoms with Crippen molar-refractivity contribution in [3.63, 3.8) is 0 Å². The van der Waals surface area contributed by atoms with Gasteiger partial charge in [-0.1, -0.05) is 242 Å². The molecule has 1 unspecified atom stereocenters. The van der Waals surface area contributed by atoms with Crippen LogP contribution in [0.4, 0.5) is 39.8 Å². The Bertz CT molecular complexity index is 7010. The maximum Gasteiger partial charge on any atom is 0.247 e. The second-order valence-corrected chi connectivity index (χ2v) is 29.1. The lowest BCUT2D eigenvalue weighted by molar-refractivity contribution is 0.666. The molecule has 0 N–H and O–H groups in total. The second kappa shape index (κ2) is 23.1. The molecule has 0 bridgehead atoms. The molecule has 5 aliphatic rings. The first-order valence-corrected chi connectivity index (χ1v) is 37.1. The topological polar surface area (TPSA) is 62.3 Å². The number of benzene rings is 14. The van der Waals surface area contributed by atoms with Gasteiger partial charge in [0.1, 0.15) is 44.7 Å². The number of allylic oxidation sites excluding steroid dienone is 7. The Morgan fingerprint density at radius 1 is 0.396 bits per heavy atom. The third kappa shape index (κ3) is 9.00. The predicted molar refractivity (Wildman–Crippen MR) is 441 cm³/mol. The molecule has 0 radical (unpaired) electrons. The first-order chi connectivity index (χ1) is 52.5. The number of hydrogen-bond donors (Lipinski definition) is 0. The van der Waals surface area contributed by atoms with Crippen molar-refractivity contribution in [3.8, 4) is 22.3 Å². The van der Waals surface area contributed by atoms with E-state index in [9.17, 15) is 0 Å². The van der Waals surface area contributed by atoms with Crippen LogP contribution in [0.15, 0.2) is 344 Å². The maximum absolute atomic E-state index is 6.97. The Hall–Kier alpha value is -13.3. The number of rotatable bonds is 9. The molecule has 1 atom stereocenters. The van der Waals surface area contributed by atoms with E-state index in [-0.39, 0.29) is 12.8 Å². The van der Waals surface area contributed by atoms with E-state index in [0.29, 0.717) is 6.42 Å². The summed E-state index contributed by atoms with van der Waals surface area (Å²) < 4.78 is 27.7. The normalized spacial score (nSPS) is 15.4. The summed E-state index contributed by atoms with van der Waals surface area (Å²) in [5.74, 6) is 0. The number of para-hydroxylation sites is 8. The standard InChI is InChI=1S/C98H64BN3O4/c1-3-21-61-51-69(47-43-59(61)19-1)100(70-48-44-60-20-2-4-22-62(60)52-70)71-57-88-94-89(58-71)102(68-26-14-24-64(54-68)73-32-16-36-81-77-28-6-10-40-91(77)104-96(73)81)87-56-66(75-34-18-38-83-79-30-8-12-42-93(79)106-98(75)83)46-50-85(87)99(94)84-49-45-65(74-33-17-37-82-78-29-7-11-41-92(78)105-97(74)82)55-86(84)101(88)67-25-13-23-63(53-67)72-31-15-35-80-76-27-5-9-39-90(76)103-95(72)80/h1-3,5-13,15-21,23-25,27-54,56-58,86H,4,14,22,26,55H2. The monoisotopic (exact) mass is 1360 g/mol. The van der Waals surface area contributed by atoms with Crippen molar-refractivity contribution < 1.29 is 17.7 Å². The SMILES string of the molecule is C1=Cc2ccc(N(c3cc4c5c(c3)N(c3cccc(-c6cccc7c6oc6ccccc67)c3)C3CC(c6cccc7c6oc6ccccc67)=CC=C3B5c3ccc(-c5cccc6c5oc5ccccc56)cc3N4C3=CC(c4cccc5c4oc4ccccc45)=CCC3)c3ccc4ccccc4c3)cc2CC1. The molecule has 106 heavy (non-hydrogen) atoms. The Morgan fingerprint density at radius 2 is 0.953 bits per heavy atom. The van der Waals surface area contributed by atoms with E-state index in [0.717, 1.165) is 192 Å². The van der Waals surface area contributed by atoms with Crippen molar-refractivity contribution in [1.82, 2.24) is 0 Å². The van der Waals surface area contributed by atoms with Gasteiger partial charge in [0.2, 0.25) is 6.71 Å². The Morgan fingerprint density at radius 3 is 1.63 bits per heavy atom. The van der Waals surface area contributed by atoms with Crippen LogP contribution in [0.2, 0.25) is 0 Å². The molecule has 23 rings (SSSR count). The molecule has 4 aromatic heterocycles. The van der Waals surface area contributed by atoms with Gasteiger partial charge < -0.3 is 32.4 Å². The van der Waals surface area contributed by atoms with Crippen LogP contribution in [0.5, 0.6) is 0 Å². The van der Waals surface area contributed by atoms with Crippen molar-refractivity contribution in [2.75, 3.05) is 14.7 Å². The van der Waals surface area contributed by atoms with Gasteiger partial charge in [0.25, 0.3) is 0 Å². The third-order valence-electron chi connectivity index (χ3n) is 23.3. The lowest BCUT2D eigenvalue weighted by atomic mass is 9.31. The number of aryl methyl sites for hydroxylation is 1. The zero-order chi connectivity index (χ0) is 69.2. The van der Waals surface area contributed by atoms with Gasteiger partial charge >= 0.3 is 0 Å². The van der Waals surface area contributed by atoms with Crippen molar-refractivity contribution in [1.29, 1.82) is 0 Å². The largest absolute Gasteiger partial charge is 0.455 e. The molecule has 0 spiro atoms. The molecule has 3 aliphatic carbocycles. The minimum absolute atomic E-state index is 0.192. The Labute approximate surface area is 611 Å². The summed E-state index contributed by atoms with van der Waals surface area (Å²) in [6.07, 6.45) is 18.6. The molecule has 7 nitrogen and oxygen atoms in total. The molecule has 498 valence electrons. The highest BCUT2D eigenvalue weighted by molar-refractivity contribution is 6.95. The van der Waals surface area contributed by atoms with Crippen molar-refractivity contribution in [2.24, 2.45) is 0 Å². The third-order valence-corrected chi connectivity index (χ3v) is 23.3. The van der Waals surface area contributed by atoms with Crippen molar-refractivity contribution in [2.45, 2.75) is 38.1 Å². The van der Waals surface area contributed by atoms with E-state index >= 15 is 0 Å². The summed E-state index contributed by atoms with van der Waals surface area (Å²) in [6, 6.07) is 105. The number of fused-ring (bicyclic) bond motifs is 18. The molecular formula is C98H64BN3O4. The highest BCUT2D eigenvalue weighted by atomic mass is 16.3. The second-order valence-electron chi connectivity index (χ2n) is 29.1. The fourth-order valence-corrected chi connectivity index (χ4v) is 18.5. The molecular weight excluding hydrogens is 1290 g/mol. The van der Waals surface area contributed by atoms with Crippen LogP contribution < -0.4 is 25.6 Å². The quantitative estimate of drug-likeness (QED) is 0.133. The van der Waals surface area contributed by atoms with Crippen LogP contribution >= 0.6 is 0 Å². The van der Waals surface area contributed by atoms with E-state index in [1.54, 1.807) is 0 Å². The fourth-order valence-electron chi connectivity index (χ4n) is 18.5. The highest BCUT2D eigenvalue weighted by Crippen LogP contribution is 2.53. The van der Waals surface area contributed by atoms with Crippen molar-refractivity contribution >= 4 is 173 Å². The van der Waals surface area contributed by atoms with Crippen LogP contribution in [0.1, 0.15) is 47.9 Å². The average molecular weight is 1360 g/mol. The zero-order valence-electron chi connectivity index (χ0n) is 57.8. The van der Waals surface area contributed by atoms with Crippen molar-refractivity contribution in [3.05, 3.63) is 349 Å². The average Bonchev–Trinajstić information content (AvgIpc) is 0.905. The summed E-state index contributed by atoms with van der Waals surface area (Å²) >= 11 is 0. The lowest BCUT2D eigenvalue weighted by Crippen LogP contribution is -2.61. The molecule has 0 saturated heterocycles. The van der Waals surface area contributed by atoms with E-state index in [2.05, 4.69) is 336 Å². The number of nitrogens with zero attached hydrogens (tertiary/aromatic N) is 3. The lowest BCUT2D eigenvalue weighted by Gasteiger charge is -2.50. The fraction of sp³-hybridized carbons (Fsp3) is 0.0612. The van der Waals surface area contributed by atoms with E-state index < -0.39 is 0 Å². The summed E-state index contributed by atoms with van der Waals surface area (Å²) in [6.45, 7) is -0.192. The summed E-state index contributed by atoms with van der Waals surface area (Å²) in [7, 11) is 0. The minimum Gasteiger partial charge on any atom is -0.455 e. The zero-order valence-corrected chi connectivity index (χ0v) is 57.8. The summed E-state index contributed by atoms with van der Waals surface area (Å²) in [5, 5.41) is 11.2. The van der Waals surface area contributed by atoms with Gasteiger partial charge in [-0.25, -0.2) is 0 Å². The van der Waals surface area contributed by atoms with Gasteiger partial charge in [-0.05, 0) is 172 Å². The van der Waals surface area contributed by atoms with Gasteiger partial charge in [0.05, 0.1) is 11.7 Å². The van der Waals surface area contributed by atoms with Gasteiger partial charge in [0.15, 0.2) is 0 Å².